The van der Waals surface area contributed by atoms with Crippen molar-refractivity contribution in [2.45, 2.75) is 52.4 Å². The largest absolute Gasteiger partial charge is 0.497 e. The molecular formula is C76H68O4Si4. The fraction of sp³-hybridized carbons (Fsp3) is 0.158. The molecule has 84 heavy (non-hydrogen) atoms. The number of rotatable bonds is 6. The third-order valence-electron chi connectivity index (χ3n) is 20.0. The molecule has 12 aromatic carbocycles. The number of fused-ring (bicyclic) bond motifs is 16. The van der Waals surface area contributed by atoms with E-state index >= 15 is 0 Å². The second kappa shape index (κ2) is 18.6. The van der Waals surface area contributed by atoms with Crippen LogP contribution in [0.3, 0.4) is 0 Å². The molecule has 0 saturated heterocycles. The molecule has 16 rings (SSSR count). The van der Waals surface area contributed by atoms with Crippen LogP contribution in [0.4, 0.5) is 0 Å². The molecule has 0 bridgehead atoms. The summed E-state index contributed by atoms with van der Waals surface area (Å²) in [7, 11) is -1.26. The number of hydrogen-bond donors (Lipinski definition) is 0. The summed E-state index contributed by atoms with van der Waals surface area (Å²) >= 11 is 0. The second-order valence-electron chi connectivity index (χ2n) is 25.7. The molecule has 0 N–H and O–H groups in total. The summed E-state index contributed by atoms with van der Waals surface area (Å²) in [5.74, 6) is 3.58. The van der Waals surface area contributed by atoms with Gasteiger partial charge < -0.3 is 18.9 Å². The summed E-state index contributed by atoms with van der Waals surface area (Å²) < 4.78 is 22.8. The number of methoxy groups -OCH3 is 4. The zero-order valence-electron chi connectivity index (χ0n) is 50.1. The van der Waals surface area contributed by atoms with Gasteiger partial charge >= 0.3 is 0 Å². The Morgan fingerprint density at radius 2 is 0.548 bits per heavy atom. The SMILES string of the molecule is COc1ccc(-c2c3c(c4c5c(cc6ccc(OC)cc64)[Si](C)(C)c4ccccc4-c25)-c2ccccc2[Si]3(C)C)cc1.COc1ccc(-c2c3c(c4c5c(cc6ccc(OC)cc64)[Si](C)(C)c4ccccc4-c25)-c2ccccc2[Si]3(C)C)cc1. The zero-order chi connectivity index (χ0) is 57.9. The molecule has 0 saturated carbocycles. The van der Waals surface area contributed by atoms with Crippen LogP contribution < -0.4 is 60.4 Å². The first-order valence-corrected chi connectivity index (χ1v) is 41.5. The lowest BCUT2D eigenvalue weighted by Crippen LogP contribution is -2.56. The van der Waals surface area contributed by atoms with E-state index < -0.39 is 32.3 Å². The number of hydrogen-bond acceptors (Lipinski definition) is 4. The summed E-state index contributed by atoms with van der Waals surface area (Å²) in [5.41, 5.74) is 16.7. The molecule has 8 heteroatoms. The highest BCUT2D eigenvalue weighted by molar-refractivity contribution is 7.07. The van der Waals surface area contributed by atoms with Crippen molar-refractivity contribution in [2.24, 2.45) is 0 Å². The van der Waals surface area contributed by atoms with Gasteiger partial charge in [-0.2, -0.15) is 0 Å². The van der Waals surface area contributed by atoms with Gasteiger partial charge in [0.1, 0.15) is 55.3 Å². The average Bonchev–Trinajstić information content (AvgIpc) is 1.36. The molecule has 0 atom stereocenters. The summed E-state index contributed by atoms with van der Waals surface area (Å²) in [5, 5.41) is 23.1. The lowest BCUT2D eigenvalue weighted by molar-refractivity contribution is 0.415. The fourth-order valence-electron chi connectivity index (χ4n) is 16.0. The number of ether oxygens (including phenoxy) is 4. The minimum absolute atomic E-state index is 0.886. The molecule has 0 aliphatic carbocycles. The summed E-state index contributed by atoms with van der Waals surface area (Å²) in [6.45, 7) is 20.3. The first-order chi connectivity index (χ1) is 40.5. The molecular weight excluding hydrogens is 1090 g/mol. The van der Waals surface area contributed by atoms with Gasteiger partial charge in [0.15, 0.2) is 0 Å². The minimum Gasteiger partial charge on any atom is -0.497 e. The van der Waals surface area contributed by atoms with Crippen LogP contribution in [0.15, 0.2) is 194 Å². The standard InChI is InChI=1S/2C38H34O2Si2/c2*1-39-25-18-15-23(16-19-25)33-34-27-11-7-9-13-30(27)41(3,4)32-21-24-17-20-26(40-2)22-29(24)35(37(32)34)36-28-12-8-10-14-31(28)42(5,6)38(33)36/h2*7-22H,1-6H3. The Morgan fingerprint density at radius 3 is 0.881 bits per heavy atom. The molecule has 4 aliphatic rings. The molecule has 0 fully saturated rings. The predicted molar refractivity (Wildman–Crippen MR) is 369 cm³/mol. The first kappa shape index (κ1) is 52.5. The lowest BCUT2D eigenvalue weighted by atomic mass is 9.83. The van der Waals surface area contributed by atoms with Gasteiger partial charge in [-0.05, 0) is 200 Å². The number of benzene rings is 12. The smallest absolute Gasteiger partial charge is 0.119 e. The molecule has 0 amide bonds. The highest BCUT2D eigenvalue weighted by Crippen LogP contribution is 2.52. The Morgan fingerprint density at radius 1 is 0.250 bits per heavy atom. The highest BCUT2D eigenvalue weighted by Gasteiger charge is 2.48. The summed E-state index contributed by atoms with van der Waals surface area (Å²) in [6, 6.07) is 72.8. The molecule has 412 valence electrons. The van der Waals surface area contributed by atoms with E-state index in [1.165, 1.54) is 141 Å². The van der Waals surface area contributed by atoms with E-state index in [2.05, 4.69) is 246 Å². The van der Waals surface area contributed by atoms with E-state index in [4.69, 9.17) is 18.9 Å². The van der Waals surface area contributed by atoms with Crippen molar-refractivity contribution in [1.82, 2.24) is 0 Å². The van der Waals surface area contributed by atoms with E-state index in [9.17, 15) is 0 Å². The zero-order valence-corrected chi connectivity index (χ0v) is 54.1. The molecule has 0 unspecified atom stereocenters. The normalized spacial score (nSPS) is 15.3. The predicted octanol–water partition coefficient (Wildman–Crippen LogP) is 14.6. The van der Waals surface area contributed by atoms with Gasteiger partial charge in [0.2, 0.25) is 0 Å². The van der Waals surface area contributed by atoms with Gasteiger partial charge in [-0.15, -0.1) is 0 Å². The Labute approximate surface area is 497 Å². The van der Waals surface area contributed by atoms with Crippen LogP contribution in [0.1, 0.15) is 0 Å². The van der Waals surface area contributed by atoms with E-state index in [0.717, 1.165) is 23.0 Å². The maximum atomic E-state index is 5.82. The van der Waals surface area contributed by atoms with Crippen molar-refractivity contribution in [2.75, 3.05) is 28.4 Å². The minimum atomic E-state index is -2.11. The maximum Gasteiger partial charge on any atom is 0.119 e. The highest BCUT2D eigenvalue weighted by atomic mass is 28.3. The average molecular weight is 1160 g/mol. The first-order valence-electron chi connectivity index (χ1n) is 29.5. The molecule has 0 aromatic heterocycles. The topological polar surface area (TPSA) is 36.9 Å². The van der Waals surface area contributed by atoms with Crippen LogP contribution in [0.5, 0.6) is 23.0 Å². The molecule has 4 heterocycles. The van der Waals surface area contributed by atoms with Crippen molar-refractivity contribution in [3.63, 3.8) is 0 Å². The van der Waals surface area contributed by atoms with Crippen LogP contribution >= 0.6 is 0 Å². The second-order valence-corrected chi connectivity index (χ2v) is 42.9. The van der Waals surface area contributed by atoms with Gasteiger partial charge in [-0.1, -0.05) is 198 Å². The Balaban J connectivity index is 0.000000143. The van der Waals surface area contributed by atoms with Gasteiger partial charge in [0, 0.05) is 0 Å². The van der Waals surface area contributed by atoms with E-state index in [1.807, 2.05) is 0 Å². The third-order valence-corrected chi connectivity index (χ3v) is 34.1. The van der Waals surface area contributed by atoms with Crippen LogP contribution in [0.2, 0.25) is 52.4 Å². The summed E-state index contributed by atoms with van der Waals surface area (Å²) in [4.78, 5) is 0. The maximum absolute atomic E-state index is 5.82. The fourth-order valence-corrected chi connectivity index (χ4v) is 29.0. The Kier molecular flexibility index (Phi) is 11.6. The van der Waals surface area contributed by atoms with Crippen LogP contribution in [0.25, 0.3) is 110 Å². The molecule has 4 nitrogen and oxygen atoms in total. The Hall–Kier alpha value is -8.25. The van der Waals surface area contributed by atoms with Crippen molar-refractivity contribution in [1.29, 1.82) is 0 Å². The van der Waals surface area contributed by atoms with Crippen molar-refractivity contribution < 1.29 is 18.9 Å². The summed E-state index contributed by atoms with van der Waals surface area (Å²) in [6.07, 6.45) is 0. The van der Waals surface area contributed by atoms with E-state index in [-0.39, 0.29) is 0 Å². The monoisotopic (exact) mass is 1160 g/mol. The molecule has 4 aliphatic heterocycles. The molecule has 12 aromatic rings. The van der Waals surface area contributed by atoms with Gasteiger partial charge in [0.25, 0.3) is 0 Å². The van der Waals surface area contributed by atoms with E-state index in [1.54, 1.807) is 38.8 Å². The Bertz CT molecular complexity index is 4520. The molecule has 0 radical (unpaired) electrons. The quantitative estimate of drug-likeness (QED) is 0.123. The van der Waals surface area contributed by atoms with Crippen LogP contribution in [-0.2, 0) is 0 Å². The van der Waals surface area contributed by atoms with Gasteiger partial charge in [-0.3, -0.25) is 0 Å². The lowest BCUT2D eigenvalue weighted by Gasteiger charge is -2.37. The van der Waals surface area contributed by atoms with Crippen molar-refractivity contribution in [3.05, 3.63) is 194 Å². The van der Waals surface area contributed by atoms with Crippen molar-refractivity contribution in [3.8, 4) is 89.8 Å². The van der Waals surface area contributed by atoms with Crippen molar-refractivity contribution >= 4 is 117 Å². The molecule has 0 spiro atoms. The van der Waals surface area contributed by atoms with Gasteiger partial charge in [0.05, 0.1) is 28.4 Å². The third kappa shape index (κ3) is 7.14. The van der Waals surface area contributed by atoms with Crippen LogP contribution in [-0.4, -0.2) is 60.7 Å². The van der Waals surface area contributed by atoms with Gasteiger partial charge in [-0.25, -0.2) is 0 Å². The van der Waals surface area contributed by atoms with E-state index in [0.29, 0.717) is 0 Å². The van der Waals surface area contributed by atoms with Crippen LogP contribution in [0, 0.1) is 0 Å².